The molecule has 1 aromatic carbocycles. The van der Waals surface area contributed by atoms with Gasteiger partial charge in [0.15, 0.2) is 11.5 Å². The van der Waals surface area contributed by atoms with Crippen molar-refractivity contribution in [2.24, 2.45) is 11.8 Å². The highest BCUT2D eigenvalue weighted by molar-refractivity contribution is 6.01. The number of esters is 1. The van der Waals surface area contributed by atoms with Crippen molar-refractivity contribution in [2.75, 3.05) is 14.2 Å². The first-order chi connectivity index (χ1) is 12.7. The molecule has 0 N–H and O–H groups in total. The predicted molar refractivity (Wildman–Crippen MR) is 105 cm³/mol. The highest BCUT2D eigenvalue weighted by Crippen LogP contribution is 2.50. The van der Waals surface area contributed by atoms with Gasteiger partial charge in [0.25, 0.3) is 0 Å². The summed E-state index contributed by atoms with van der Waals surface area (Å²) in [4.78, 5) is 24.3. The summed E-state index contributed by atoms with van der Waals surface area (Å²) in [6.45, 7) is 9.28. The van der Waals surface area contributed by atoms with Crippen LogP contribution >= 0.6 is 0 Å². The van der Waals surface area contributed by atoms with Crippen LogP contribution in [0.3, 0.4) is 0 Å². The summed E-state index contributed by atoms with van der Waals surface area (Å²) >= 11 is 0. The minimum atomic E-state index is -0.480. The minimum absolute atomic E-state index is 0.00736. The van der Waals surface area contributed by atoms with Gasteiger partial charge >= 0.3 is 5.97 Å². The molecule has 0 saturated carbocycles. The maximum Gasteiger partial charge on any atom is 0.308 e. The summed E-state index contributed by atoms with van der Waals surface area (Å²) in [6, 6.07) is 1.72. The smallest absolute Gasteiger partial charge is 0.308 e. The van der Waals surface area contributed by atoms with Crippen molar-refractivity contribution in [1.82, 2.24) is 0 Å². The first-order valence-corrected chi connectivity index (χ1v) is 9.36. The molecule has 0 heterocycles. The SMILES string of the molecule is COc1cc(OC)c([C@H]2C=C(C)CC[C@@H]2C(C)C)c(OC(C)=O)c1C(C)=O. The third-order valence-electron chi connectivity index (χ3n) is 5.27. The van der Waals surface area contributed by atoms with E-state index in [4.69, 9.17) is 14.2 Å². The molecule has 1 aromatic rings. The van der Waals surface area contributed by atoms with Crippen molar-refractivity contribution in [2.45, 2.75) is 53.4 Å². The zero-order chi connectivity index (χ0) is 20.3. The lowest BCUT2D eigenvalue weighted by Gasteiger charge is -2.35. The first-order valence-electron chi connectivity index (χ1n) is 9.36. The number of methoxy groups -OCH3 is 2. The zero-order valence-corrected chi connectivity index (χ0v) is 17.3. The van der Waals surface area contributed by atoms with Crippen molar-refractivity contribution in [1.29, 1.82) is 0 Å². The van der Waals surface area contributed by atoms with Gasteiger partial charge in [-0.2, -0.15) is 0 Å². The molecule has 0 saturated heterocycles. The third kappa shape index (κ3) is 4.34. The van der Waals surface area contributed by atoms with E-state index in [1.54, 1.807) is 13.2 Å². The molecule has 5 nitrogen and oxygen atoms in total. The van der Waals surface area contributed by atoms with Crippen LogP contribution < -0.4 is 14.2 Å². The van der Waals surface area contributed by atoms with E-state index < -0.39 is 5.97 Å². The van der Waals surface area contributed by atoms with Crippen LogP contribution in [0.2, 0.25) is 0 Å². The summed E-state index contributed by atoms with van der Waals surface area (Å²) in [6.07, 6.45) is 4.30. The Hall–Kier alpha value is -2.30. The Morgan fingerprint density at radius 2 is 1.74 bits per heavy atom. The fourth-order valence-corrected chi connectivity index (χ4v) is 3.99. The lowest BCUT2D eigenvalue weighted by molar-refractivity contribution is -0.131. The molecule has 0 bridgehead atoms. The molecule has 5 heteroatoms. The van der Waals surface area contributed by atoms with Crippen LogP contribution in [-0.4, -0.2) is 26.0 Å². The number of hydrogen-bond donors (Lipinski definition) is 0. The van der Waals surface area contributed by atoms with Gasteiger partial charge in [-0.25, -0.2) is 0 Å². The van der Waals surface area contributed by atoms with E-state index in [2.05, 4.69) is 26.8 Å². The fourth-order valence-electron chi connectivity index (χ4n) is 3.99. The lowest BCUT2D eigenvalue weighted by Crippen LogP contribution is -2.23. The van der Waals surface area contributed by atoms with E-state index in [1.807, 2.05) is 0 Å². The molecule has 1 aliphatic carbocycles. The maximum atomic E-state index is 12.4. The number of allylic oxidation sites excluding steroid dienone is 2. The first kappa shape index (κ1) is 21.0. The molecule has 27 heavy (non-hydrogen) atoms. The normalized spacial score (nSPS) is 19.5. The Morgan fingerprint density at radius 3 is 2.22 bits per heavy atom. The topological polar surface area (TPSA) is 61.8 Å². The van der Waals surface area contributed by atoms with E-state index in [-0.39, 0.29) is 23.0 Å². The van der Waals surface area contributed by atoms with Crippen LogP contribution in [0.1, 0.15) is 69.3 Å². The van der Waals surface area contributed by atoms with E-state index in [1.165, 1.54) is 26.5 Å². The molecule has 2 atom stereocenters. The Morgan fingerprint density at radius 1 is 1.11 bits per heavy atom. The minimum Gasteiger partial charge on any atom is -0.496 e. The average Bonchev–Trinajstić information content (AvgIpc) is 2.59. The number of ketones is 1. The molecule has 0 amide bonds. The van der Waals surface area contributed by atoms with Crippen LogP contribution in [0.25, 0.3) is 0 Å². The van der Waals surface area contributed by atoms with Gasteiger partial charge in [0.05, 0.1) is 14.2 Å². The second-order valence-electron chi connectivity index (χ2n) is 7.53. The van der Waals surface area contributed by atoms with Gasteiger partial charge < -0.3 is 14.2 Å². The zero-order valence-electron chi connectivity index (χ0n) is 17.3. The van der Waals surface area contributed by atoms with Gasteiger partial charge in [0, 0.05) is 24.5 Å². The fraction of sp³-hybridized carbons (Fsp3) is 0.545. The highest BCUT2D eigenvalue weighted by atomic mass is 16.5. The Balaban J connectivity index is 2.86. The molecule has 2 rings (SSSR count). The number of Topliss-reactive ketones (excluding diaryl/α,β-unsaturated/α-hetero) is 1. The van der Waals surface area contributed by atoms with Crippen molar-refractivity contribution < 1.29 is 23.8 Å². The van der Waals surface area contributed by atoms with Gasteiger partial charge in [-0.05, 0) is 38.5 Å². The van der Waals surface area contributed by atoms with Crippen LogP contribution in [0.15, 0.2) is 17.7 Å². The molecule has 1 aliphatic rings. The Bertz CT molecular complexity index is 760. The summed E-state index contributed by atoms with van der Waals surface area (Å²) in [5.41, 5.74) is 2.31. The number of rotatable bonds is 6. The number of benzene rings is 1. The van der Waals surface area contributed by atoms with Crippen molar-refractivity contribution >= 4 is 11.8 Å². The van der Waals surface area contributed by atoms with E-state index in [0.717, 1.165) is 18.4 Å². The van der Waals surface area contributed by atoms with Gasteiger partial charge in [-0.3, -0.25) is 9.59 Å². The van der Waals surface area contributed by atoms with Gasteiger partial charge in [-0.15, -0.1) is 0 Å². The molecule has 0 aromatic heterocycles. The Labute approximate surface area is 161 Å². The summed E-state index contributed by atoms with van der Waals surface area (Å²) in [7, 11) is 3.06. The molecular weight excluding hydrogens is 344 g/mol. The second kappa shape index (κ2) is 8.59. The molecule has 0 unspecified atom stereocenters. The summed E-state index contributed by atoms with van der Waals surface area (Å²) in [5, 5.41) is 0. The molecule has 0 fully saturated rings. The largest absolute Gasteiger partial charge is 0.496 e. The lowest BCUT2D eigenvalue weighted by atomic mass is 9.71. The van der Waals surface area contributed by atoms with E-state index in [9.17, 15) is 9.59 Å². The van der Waals surface area contributed by atoms with E-state index in [0.29, 0.717) is 23.3 Å². The number of hydrogen-bond acceptors (Lipinski definition) is 5. The highest BCUT2D eigenvalue weighted by Gasteiger charge is 2.35. The standard InChI is InChI=1S/C22H30O5/c1-12(2)16-9-8-13(3)10-17(16)21-19(26-7)11-18(25-6)20(14(4)23)22(21)27-15(5)24/h10-12,16-17H,8-9H2,1-7H3/t16-,17+/m1/s1. The van der Waals surface area contributed by atoms with Crippen molar-refractivity contribution in [3.8, 4) is 17.2 Å². The quantitative estimate of drug-likeness (QED) is 0.306. The third-order valence-corrected chi connectivity index (χ3v) is 5.27. The van der Waals surface area contributed by atoms with Crippen LogP contribution in [0.4, 0.5) is 0 Å². The summed E-state index contributed by atoms with van der Waals surface area (Å²) in [5.74, 6) is 1.24. The van der Waals surface area contributed by atoms with Crippen molar-refractivity contribution in [3.63, 3.8) is 0 Å². The predicted octanol–water partition coefficient (Wildman–Crippen LogP) is 4.93. The number of carbonyl (C=O) groups is 2. The summed E-state index contributed by atoms with van der Waals surface area (Å²) < 4.78 is 16.6. The number of carbonyl (C=O) groups excluding carboxylic acids is 2. The molecular formula is C22H30O5. The molecule has 0 spiro atoms. The maximum absolute atomic E-state index is 12.4. The van der Waals surface area contributed by atoms with Gasteiger partial charge in [0.2, 0.25) is 0 Å². The molecule has 0 aliphatic heterocycles. The van der Waals surface area contributed by atoms with Crippen LogP contribution in [0.5, 0.6) is 17.2 Å². The number of ether oxygens (including phenoxy) is 3. The van der Waals surface area contributed by atoms with Crippen molar-refractivity contribution in [3.05, 3.63) is 28.8 Å². The van der Waals surface area contributed by atoms with Crippen LogP contribution in [-0.2, 0) is 4.79 Å². The monoisotopic (exact) mass is 374 g/mol. The van der Waals surface area contributed by atoms with E-state index >= 15 is 0 Å². The molecule has 0 radical (unpaired) electrons. The second-order valence-corrected chi connectivity index (χ2v) is 7.53. The Kier molecular flexibility index (Phi) is 6.68. The van der Waals surface area contributed by atoms with Gasteiger partial charge in [0.1, 0.15) is 17.1 Å². The van der Waals surface area contributed by atoms with Crippen LogP contribution in [0, 0.1) is 11.8 Å². The van der Waals surface area contributed by atoms with Gasteiger partial charge in [-0.1, -0.05) is 25.5 Å². The average molecular weight is 374 g/mol. The molecule has 148 valence electrons.